The smallest absolute Gasteiger partial charge is 0.408 e. The molecular weight excluding hydrogens is 680 g/mol. The second kappa shape index (κ2) is 17.1. The Kier molecular flexibility index (Phi) is 13.3. The van der Waals surface area contributed by atoms with Gasteiger partial charge >= 0.3 is 6.09 Å². The zero-order valence-corrected chi connectivity index (χ0v) is 32.5. The van der Waals surface area contributed by atoms with Crippen molar-refractivity contribution in [1.82, 2.24) is 31.1 Å². The van der Waals surface area contributed by atoms with Crippen LogP contribution in [0.1, 0.15) is 98.1 Å². The SMILES string of the molecule is CCCC(NC(=O)[C@@H]1[C@@H]2C(CN1C(=O)[C@@H](NC(=O)OC1CCCCC1)C(C)(C)C)C2(C)C)C(=O)C(=O)NCC(=O)N[C@H](C(=O)N(C)C)c1ccccc1. The number of ether oxygens (including phenoxy) is 1. The fraction of sp³-hybridized carbons (Fsp3) is 0.667. The largest absolute Gasteiger partial charge is 0.446 e. The highest BCUT2D eigenvalue weighted by Crippen LogP contribution is 2.65. The Hall–Kier alpha value is -4.49. The zero-order chi connectivity index (χ0) is 39.2. The van der Waals surface area contributed by atoms with E-state index >= 15 is 0 Å². The highest BCUT2D eigenvalue weighted by Gasteiger charge is 2.70. The Morgan fingerprint density at radius 2 is 1.58 bits per heavy atom. The molecule has 3 fully saturated rings. The van der Waals surface area contributed by atoms with Gasteiger partial charge in [-0.3, -0.25) is 28.8 Å². The first-order chi connectivity index (χ1) is 24.9. The number of ketones is 1. The molecule has 292 valence electrons. The van der Waals surface area contributed by atoms with Gasteiger partial charge in [0.2, 0.25) is 29.4 Å². The maximum absolute atomic E-state index is 14.2. The first-order valence-electron chi connectivity index (χ1n) is 18.8. The summed E-state index contributed by atoms with van der Waals surface area (Å²) in [6.07, 6.45) is 4.37. The van der Waals surface area contributed by atoms with Gasteiger partial charge in [0.25, 0.3) is 5.91 Å². The van der Waals surface area contributed by atoms with Crippen LogP contribution < -0.4 is 21.3 Å². The zero-order valence-electron chi connectivity index (χ0n) is 32.5. The number of hydrogen-bond donors (Lipinski definition) is 4. The molecule has 6 atom stereocenters. The number of likely N-dealkylation sites (tertiary alicyclic amines) is 1. The summed E-state index contributed by atoms with van der Waals surface area (Å²) in [5, 5.41) is 10.5. The maximum atomic E-state index is 14.2. The van der Waals surface area contributed by atoms with E-state index in [1.54, 1.807) is 51.4 Å². The lowest BCUT2D eigenvalue weighted by atomic mass is 9.85. The molecule has 2 aliphatic carbocycles. The number of benzene rings is 1. The Morgan fingerprint density at radius 3 is 2.17 bits per heavy atom. The van der Waals surface area contributed by atoms with Crippen molar-refractivity contribution in [3.63, 3.8) is 0 Å². The lowest BCUT2D eigenvalue weighted by molar-refractivity contribution is -0.145. The van der Waals surface area contributed by atoms with E-state index < -0.39 is 71.6 Å². The molecule has 1 saturated heterocycles. The third-order valence-corrected chi connectivity index (χ3v) is 10.9. The van der Waals surface area contributed by atoms with Crippen molar-refractivity contribution in [1.29, 1.82) is 0 Å². The van der Waals surface area contributed by atoms with Crippen molar-refractivity contribution in [2.75, 3.05) is 27.2 Å². The van der Waals surface area contributed by atoms with E-state index in [9.17, 15) is 33.6 Å². The fourth-order valence-corrected chi connectivity index (χ4v) is 7.74. The van der Waals surface area contributed by atoms with Crippen LogP contribution in [0.2, 0.25) is 0 Å². The van der Waals surface area contributed by atoms with Crippen molar-refractivity contribution < 1.29 is 38.3 Å². The minimum atomic E-state index is -1.21. The van der Waals surface area contributed by atoms with Gasteiger partial charge in [0.05, 0.1) is 12.6 Å². The van der Waals surface area contributed by atoms with E-state index in [2.05, 4.69) is 21.3 Å². The first kappa shape index (κ1) is 41.3. The van der Waals surface area contributed by atoms with Crippen LogP contribution in [0.5, 0.6) is 0 Å². The predicted molar refractivity (Wildman–Crippen MR) is 197 cm³/mol. The second-order valence-electron chi connectivity index (χ2n) is 16.5. The molecule has 1 aromatic carbocycles. The molecule has 14 heteroatoms. The lowest BCUT2D eigenvalue weighted by Gasteiger charge is -2.38. The molecule has 1 heterocycles. The van der Waals surface area contributed by atoms with Crippen LogP contribution in [0.25, 0.3) is 0 Å². The summed E-state index contributed by atoms with van der Waals surface area (Å²) < 4.78 is 5.67. The monoisotopic (exact) mass is 738 g/mol. The van der Waals surface area contributed by atoms with Crippen LogP contribution in [-0.4, -0.2) is 103 Å². The molecule has 2 saturated carbocycles. The summed E-state index contributed by atoms with van der Waals surface area (Å²) >= 11 is 0. The molecule has 3 aliphatic rings. The number of nitrogens with one attached hydrogen (secondary N) is 4. The molecule has 53 heavy (non-hydrogen) atoms. The summed E-state index contributed by atoms with van der Waals surface area (Å²) in [5.74, 6) is -4.16. The average Bonchev–Trinajstić information content (AvgIpc) is 3.41. The molecule has 2 unspecified atom stereocenters. The number of nitrogens with zero attached hydrogens (tertiary/aromatic N) is 2. The van der Waals surface area contributed by atoms with Crippen molar-refractivity contribution in [3.8, 4) is 0 Å². The van der Waals surface area contributed by atoms with E-state index in [0.717, 1.165) is 32.1 Å². The van der Waals surface area contributed by atoms with Crippen LogP contribution >= 0.6 is 0 Å². The number of rotatable bonds is 14. The van der Waals surface area contributed by atoms with E-state index in [4.69, 9.17) is 4.74 Å². The minimum Gasteiger partial charge on any atom is -0.446 e. The number of amides is 6. The molecule has 0 aromatic heterocycles. The second-order valence-corrected chi connectivity index (χ2v) is 16.5. The fourth-order valence-electron chi connectivity index (χ4n) is 7.74. The van der Waals surface area contributed by atoms with Crippen molar-refractivity contribution in [3.05, 3.63) is 35.9 Å². The number of likely N-dealkylation sites (N-methyl/N-ethyl adjacent to an activating group) is 1. The maximum Gasteiger partial charge on any atom is 0.408 e. The number of alkyl carbamates (subject to hydrolysis) is 1. The van der Waals surface area contributed by atoms with Gasteiger partial charge in [-0.25, -0.2) is 4.79 Å². The number of hydrogen-bond acceptors (Lipinski definition) is 8. The van der Waals surface area contributed by atoms with Gasteiger partial charge in [-0.1, -0.05) is 84.7 Å². The molecule has 0 radical (unpaired) electrons. The van der Waals surface area contributed by atoms with E-state index in [1.807, 2.05) is 34.6 Å². The Balaban J connectivity index is 1.43. The quantitative estimate of drug-likeness (QED) is 0.210. The molecule has 0 spiro atoms. The number of piperidine rings is 1. The summed E-state index contributed by atoms with van der Waals surface area (Å²) in [7, 11) is 3.12. The first-order valence-corrected chi connectivity index (χ1v) is 18.8. The van der Waals surface area contributed by atoms with Crippen molar-refractivity contribution >= 4 is 41.4 Å². The molecule has 0 bridgehead atoms. The average molecular weight is 739 g/mol. The third kappa shape index (κ3) is 9.94. The Morgan fingerprint density at radius 1 is 0.943 bits per heavy atom. The van der Waals surface area contributed by atoms with E-state index in [1.165, 1.54) is 9.80 Å². The van der Waals surface area contributed by atoms with Crippen LogP contribution in [0.4, 0.5) is 4.79 Å². The van der Waals surface area contributed by atoms with Gasteiger partial charge in [0, 0.05) is 20.6 Å². The molecule has 4 N–H and O–H groups in total. The molecule has 14 nitrogen and oxygen atoms in total. The molecule has 1 aromatic rings. The third-order valence-electron chi connectivity index (χ3n) is 10.9. The summed E-state index contributed by atoms with van der Waals surface area (Å²) in [6, 6.07) is 4.54. The Labute approximate surface area is 312 Å². The minimum absolute atomic E-state index is 0.0400. The van der Waals surface area contributed by atoms with E-state index in [0.29, 0.717) is 18.5 Å². The van der Waals surface area contributed by atoms with Crippen molar-refractivity contribution in [2.24, 2.45) is 22.7 Å². The van der Waals surface area contributed by atoms with Gasteiger partial charge in [-0.2, -0.15) is 0 Å². The summed E-state index contributed by atoms with van der Waals surface area (Å²) in [4.78, 5) is 96.4. The van der Waals surface area contributed by atoms with Gasteiger partial charge in [0.1, 0.15) is 24.2 Å². The summed E-state index contributed by atoms with van der Waals surface area (Å²) in [6.45, 7) is 11.1. The van der Waals surface area contributed by atoms with E-state index in [-0.39, 0.29) is 35.7 Å². The molecule has 1 aliphatic heterocycles. The van der Waals surface area contributed by atoms with Crippen molar-refractivity contribution in [2.45, 2.75) is 117 Å². The molecule has 6 amide bonds. The van der Waals surface area contributed by atoms with Crippen LogP contribution in [0, 0.1) is 22.7 Å². The highest BCUT2D eigenvalue weighted by atomic mass is 16.6. The summed E-state index contributed by atoms with van der Waals surface area (Å²) in [5.41, 5.74) is -0.390. The number of carbonyl (C=O) groups excluding carboxylic acids is 7. The molecule has 4 rings (SSSR count). The number of fused-ring (bicyclic) bond motifs is 1. The molecular formula is C39H58N6O8. The highest BCUT2D eigenvalue weighted by molar-refractivity contribution is 6.38. The Bertz CT molecular complexity index is 1530. The van der Waals surface area contributed by atoms with Gasteiger partial charge in [-0.05, 0) is 60.3 Å². The topological polar surface area (TPSA) is 183 Å². The lowest BCUT2D eigenvalue weighted by Crippen LogP contribution is -2.60. The number of carbonyl (C=O) groups is 7. The normalized spacial score (nSPS) is 22.3. The van der Waals surface area contributed by atoms with Crippen LogP contribution in [0.3, 0.4) is 0 Å². The standard InChI is InChI=1S/C39H58N6O8/c1-9-16-26(31(47)34(49)40-21-27(46)42-29(35(50)44(7)8)23-17-12-10-13-18-23)41-33(48)30-28-25(39(28,5)6)22-45(30)36(51)32(38(2,3)4)43-37(52)53-24-19-14-11-15-20-24/h10,12-13,17-18,24-26,28-30,32H,9,11,14-16,19-22H2,1-8H3,(H,40,49)(H,41,48)(H,42,46)(H,43,52)/t25?,26?,28-,29-,30-,32+/m0/s1. The van der Waals surface area contributed by atoms with Crippen LogP contribution in [0.15, 0.2) is 30.3 Å². The number of Topliss-reactive ketones (excluding diaryl/α,β-unsaturated/α-hetero) is 1. The van der Waals surface area contributed by atoms with Crippen LogP contribution in [-0.2, 0) is 33.5 Å². The van der Waals surface area contributed by atoms with Gasteiger partial charge in [0.15, 0.2) is 0 Å². The predicted octanol–water partition coefficient (Wildman–Crippen LogP) is 2.86. The van der Waals surface area contributed by atoms with Gasteiger partial charge in [-0.15, -0.1) is 0 Å². The van der Waals surface area contributed by atoms with Gasteiger partial charge < -0.3 is 35.8 Å².